The summed E-state index contributed by atoms with van der Waals surface area (Å²) in [4.78, 5) is 9.41. The van der Waals surface area contributed by atoms with E-state index in [9.17, 15) is 10.4 Å². The van der Waals surface area contributed by atoms with Crippen molar-refractivity contribution in [1.29, 1.82) is 5.26 Å². The summed E-state index contributed by atoms with van der Waals surface area (Å²) >= 11 is 0. The molecule has 0 bridgehead atoms. The maximum absolute atomic E-state index is 9.54. The zero-order valence-corrected chi connectivity index (χ0v) is 19.0. The van der Waals surface area contributed by atoms with Gasteiger partial charge in [0.25, 0.3) is 0 Å². The van der Waals surface area contributed by atoms with Crippen molar-refractivity contribution in [2.75, 3.05) is 19.0 Å². The van der Waals surface area contributed by atoms with E-state index in [1.54, 1.807) is 25.7 Å². The summed E-state index contributed by atoms with van der Waals surface area (Å²) in [6, 6.07) is 13.4. The van der Waals surface area contributed by atoms with E-state index < -0.39 is 0 Å². The number of fused-ring (bicyclic) bond motifs is 1. The van der Waals surface area contributed by atoms with Gasteiger partial charge in [-0.15, -0.1) is 5.10 Å². The number of imidazole rings is 1. The first-order valence-electron chi connectivity index (χ1n) is 10.8. The first-order valence-corrected chi connectivity index (χ1v) is 10.8. The van der Waals surface area contributed by atoms with E-state index in [2.05, 4.69) is 36.8 Å². The van der Waals surface area contributed by atoms with Crippen LogP contribution in [0.25, 0.3) is 28.1 Å². The van der Waals surface area contributed by atoms with Crippen LogP contribution < -0.4 is 10.1 Å². The SMILES string of the molecule is COc1ccnnc1Nc1ccc2c(c1)ncn2-c1ccc(CCO)c(-c2c(C#N)n[nH]c2C)n1. The average Bonchev–Trinajstić information content (AvgIpc) is 3.47. The Morgan fingerprint density at radius 2 is 2.11 bits per heavy atom. The number of hydrogen-bond acceptors (Lipinski definition) is 9. The number of ether oxygens (including phenoxy) is 1. The molecule has 11 heteroatoms. The van der Waals surface area contributed by atoms with Crippen LogP contribution in [0.2, 0.25) is 0 Å². The first-order chi connectivity index (χ1) is 17.1. The topological polar surface area (TPSA) is 150 Å². The predicted octanol–water partition coefficient (Wildman–Crippen LogP) is 3.07. The molecule has 5 rings (SSSR count). The number of nitrogens with one attached hydrogen (secondary N) is 2. The molecule has 1 aromatic carbocycles. The molecule has 0 saturated heterocycles. The van der Waals surface area contributed by atoms with Gasteiger partial charge in [-0.2, -0.15) is 15.5 Å². The fraction of sp³-hybridized carbons (Fsp3) is 0.167. The number of pyridine rings is 1. The Balaban J connectivity index is 1.55. The van der Waals surface area contributed by atoms with Crippen molar-refractivity contribution in [3.63, 3.8) is 0 Å². The molecule has 4 aromatic heterocycles. The van der Waals surface area contributed by atoms with Crippen LogP contribution in [-0.2, 0) is 6.42 Å². The number of rotatable bonds is 7. The molecule has 5 aromatic rings. The molecule has 0 aliphatic heterocycles. The number of aliphatic hydroxyl groups excluding tert-OH is 1. The Labute approximate surface area is 200 Å². The highest BCUT2D eigenvalue weighted by Crippen LogP contribution is 2.30. The summed E-state index contributed by atoms with van der Waals surface area (Å²) in [5.41, 5.74) is 5.43. The lowest BCUT2D eigenvalue weighted by Crippen LogP contribution is -2.03. The zero-order chi connectivity index (χ0) is 24.4. The lowest BCUT2D eigenvalue weighted by molar-refractivity contribution is 0.299. The average molecular weight is 467 g/mol. The standard InChI is InChI=1S/C24H21N9O2/c1-14-22(18(12-25)31-30-14)23-15(8-10-34)3-6-21(29-23)33-13-26-17-11-16(4-5-19(17)33)28-24-20(35-2)7-9-27-32-24/h3-7,9,11,13,34H,8,10H2,1-2H3,(H,28,32)(H,30,31). The van der Waals surface area contributed by atoms with E-state index in [4.69, 9.17) is 9.72 Å². The largest absolute Gasteiger partial charge is 0.493 e. The molecule has 0 atom stereocenters. The third-order valence-electron chi connectivity index (χ3n) is 5.60. The van der Waals surface area contributed by atoms with Crippen molar-refractivity contribution < 1.29 is 9.84 Å². The number of benzene rings is 1. The van der Waals surface area contributed by atoms with Crippen LogP contribution in [0, 0.1) is 18.3 Å². The lowest BCUT2D eigenvalue weighted by Gasteiger charge is -2.12. The van der Waals surface area contributed by atoms with Gasteiger partial charge in [0.1, 0.15) is 18.2 Å². The smallest absolute Gasteiger partial charge is 0.195 e. The maximum Gasteiger partial charge on any atom is 0.195 e. The Morgan fingerprint density at radius 1 is 1.23 bits per heavy atom. The summed E-state index contributed by atoms with van der Waals surface area (Å²) < 4.78 is 7.20. The molecule has 11 nitrogen and oxygen atoms in total. The Hall–Kier alpha value is -4.82. The molecule has 0 aliphatic rings. The van der Waals surface area contributed by atoms with E-state index in [-0.39, 0.29) is 12.3 Å². The number of methoxy groups -OCH3 is 1. The Bertz CT molecular complexity index is 1570. The molecule has 0 fully saturated rings. The highest BCUT2D eigenvalue weighted by molar-refractivity contribution is 5.82. The van der Waals surface area contributed by atoms with Crippen molar-refractivity contribution in [1.82, 2.24) is 34.9 Å². The maximum atomic E-state index is 9.54. The number of aryl methyl sites for hydroxylation is 1. The van der Waals surface area contributed by atoms with Gasteiger partial charge in [-0.05, 0) is 43.2 Å². The molecule has 0 unspecified atom stereocenters. The Kier molecular flexibility index (Phi) is 5.78. The highest BCUT2D eigenvalue weighted by atomic mass is 16.5. The Morgan fingerprint density at radius 3 is 2.91 bits per heavy atom. The first kappa shape index (κ1) is 22.0. The minimum absolute atomic E-state index is 0.0346. The number of hydrogen-bond donors (Lipinski definition) is 3. The van der Waals surface area contributed by atoms with Crippen LogP contribution >= 0.6 is 0 Å². The van der Waals surface area contributed by atoms with Gasteiger partial charge >= 0.3 is 0 Å². The van der Waals surface area contributed by atoms with Crippen molar-refractivity contribution >= 4 is 22.5 Å². The van der Waals surface area contributed by atoms with Crippen LogP contribution in [0.1, 0.15) is 17.0 Å². The van der Waals surface area contributed by atoms with E-state index in [0.717, 1.165) is 28.0 Å². The quantitative estimate of drug-likeness (QED) is 0.328. The molecular formula is C24H21N9O2. The zero-order valence-electron chi connectivity index (χ0n) is 19.0. The number of anilines is 2. The second-order valence-corrected chi connectivity index (χ2v) is 7.73. The van der Waals surface area contributed by atoms with E-state index >= 15 is 0 Å². The van der Waals surface area contributed by atoms with Crippen molar-refractivity contribution in [3.8, 4) is 28.9 Å². The minimum atomic E-state index is -0.0346. The summed E-state index contributed by atoms with van der Waals surface area (Å²) in [5, 5.41) is 37.2. The molecule has 0 radical (unpaired) electrons. The predicted molar refractivity (Wildman–Crippen MR) is 129 cm³/mol. The number of aliphatic hydroxyl groups is 1. The van der Waals surface area contributed by atoms with Gasteiger partial charge in [0, 0.05) is 24.1 Å². The van der Waals surface area contributed by atoms with Crippen molar-refractivity contribution in [2.24, 2.45) is 0 Å². The molecule has 174 valence electrons. The third-order valence-corrected chi connectivity index (χ3v) is 5.60. The van der Waals surface area contributed by atoms with Crippen molar-refractivity contribution in [2.45, 2.75) is 13.3 Å². The molecule has 35 heavy (non-hydrogen) atoms. The third kappa shape index (κ3) is 4.03. The van der Waals surface area contributed by atoms with E-state index in [1.807, 2.05) is 41.8 Å². The fourth-order valence-corrected chi connectivity index (χ4v) is 3.93. The monoisotopic (exact) mass is 467 g/mol. The van der Waals surface area contributed by atoms with Crippen molar-refractivity contribution in [3.05, 3.63) is 65.9 Å². The molecule has 3 N–H and O–H groups in total. The number of aromatic amines is 1. The van der Waals surface area contributed by atoms with E-state index in [1.165, 1.54) is 0 Å². The number of nitriles is 1. The number of nitrogens with zero attached hydrogens (tertiary/aromatic N) is 7. The van der Waals surface area contributed by atoms with Gasteiger partial charge in [-0.3, -0.25) is 9.67 Å². The summed E-state index contributed by atoms with van der Waals surface area (Å²) in [5.74, 6) is 1.71. The second kappa shape index (κ2) is 9.20. The van der Waals surface area contributed by atoms with Crippen LogP contribution in [-0.4, -0.2) is 53.8 Å². The molecule has 0 amide bonds. The fourth-order valence-electron chi connectivity index (χ4n) is 3.93. The van der Waals surface area contributed by atoms with Gasteiger partial charge in [0.05, 0.1) is 35.6 Å². The molecule has 0 spiro atoms. The molecular weight excluding hydrogens is 446 g/mol. The summed E-state index contributed by atoms with van der Waals surface area (Å²) in [6.45, 7) is 1.81. The van der Waals surface area contributed by atoms with Gasteiger partial charge in [0.15, 0.2) is 17.3 Å². The minimum Gasteiger partial charge on any atom is -0.493 e. The van der Waals surface area contributed by atoms with Crippen LogP contribution in [0.5, 0.6) is 5.75 Å². The summed E-state index contributed by atoms with van der Waals surface area (Å²) in [6.07, 6.45) is 3.67. The van der Waals surface area contributed by atoms with Crippen LogP contribution in [0.15, 0.2) is 48.9 Å². The van der Waals surface area contributed by atoms with Gasteiger partial charge < -0.3 is 15.2 Å². The van der Waals surface area contributed by atoms with Crippen LogP contribution in [0.3, 0.4) is 0 Å². The molecule has 0 aliphatic carbocycles. The number of H-pyrrole nitrogens is 1. The highest BCUT2D eigenvalue weighted by Gasteiger charge is 2.19. The number of aromatic nitrogens is 7. The van der Waals surface area contributed by atoms with Crippen LogP contribution in [0.4, 0.5) is 11.5 Å². The molecule has 0 saturated carbocycles. The molecule has 4 heterocycles. The normalized spacial score (nSPS) is 10.9. The van der Waals surface area contributed by atoms with Gasteiger partial charge in [0.2, 0.25) is 0 Å². The second-order valence-electron chi connectivity index (χ2n) is 7.73. The van der Waals surface area contributed by atoms with E-state index in [0.29, 0.717) is 35.1 Å². The van der Waals surface area contributed by atoms with Gasteiger partial charge in [-0.1, -0.05) is 6.07 Å². The van der Waals surface area contributed by atoms with Gasteiger partial charge in [-0.25, -0.2) is 9.97 Å². The lowest BCUT2D eigenvalue weighted by atomic mass is 10.0. The summed E-state index contributed by atoms with van der Waals surface area (Å²) in [7, 11) is 1.57.